The van der Waals surface area contributed by atoms with E-state index in [9.17, 15) is 8.60 Å². The third kappa shape index (κ3) is 9.01. The van der Waals surface area contributed by atoms with Gasteiger partial charge in [0.05, 0.1) is 6.54 Å². The van der Waals surface area contributed by atoms with Gasteiger partial charge < -0.3 is 15.4 Å². The molecule has 5 nitrogen and oxygen atoms in total. The molecule has 2 N–H and O–H groups in total. The third-order valence-corrected chi connectivity index (χ3v) is 5.05. The van der Waals surface area contributed by atoms with Crippen LogP contribution < -0.4 is 15.4 Å². The molecule has 2 unspecified atom stereocenters. The van der Waals surface area contributed by atoms with E-state index in [2.05, 4.69) is 15.6 Å². The van der Waals surface area contributed by atoms with E-state index < -0.39 is 10.8 Å². The Morgan fingerprint density at radius 3 is 2.50 bits per heavy atom. The first-order valence-electron chi connectivity index (χ1n) is 8.83. The monoisotopic (exact) mass is 519 g/mol. The molecule has 2 rings (SSSR count). The Hall–Kier alpha value is -1.68. The number of nitrogens with one attached hydrogen (secondary N) is 2. The molecule has 2 aromatic carbocycles. The number of aliphatic imine (C=N–C) groups is 1. The van der Waals surface area contributed by atoms with Gasteiger partial charge in [-0.05, 0) is 24.6 Å². The Morgan fingerprint density at radius 2 is 1.82 bits per heavy atom. The van der Waals surface area contributed by atoms with Crippen molar-refractivity contribution in [3.63, 3.8) is 0 Å². The number of benzene rings is 2. The molecule has 28 heavy (non-hydrogen) atoms. The average Bonchev–Trinajstić information content (AvgIpc) is 2.67. The maximum Gasteiger partial charge on any atom is 0.191 e. The third-order valence-electron chi connectivity index (χ3n) is 3.74. The fraction of sp³-hybridized carbons (Fsp3) is 0.350. The highest BCUT2D eigenvalue weighted by molar-refractivity contribution is 14.0. The summed E-state index contributed by atoms with van der Waals surface area (Å²) < 4.78 is 31.3. The number of ether oxygens (including phenoxy) is 1. The van der Waals surface area contributed by atoms with E-state index in [1.807, 2.05) is 37.3 Å². The number of hydrogen-bond donors (Lipinski definition) is 2. The van der Waals surface area contributed by atoms with Gasteiger partial charge in [-0.2, -0.15) is 0 Å². The van der Waals surface area contributed by atoms with Crippen LogP contribution in [0.1, 0.15) is 12.5 Å². The van der Waals surface area contributed by atoms with Crippen molar-refractivity contribution in [1.29, 1.82) is 0 Å². The molecule has 0 fully saturated rings. The van der Waals surface area contributed by atoms with Crippen LogP contribution in [0.3, 0.4) is 0 Å². The standard InChI is InChI=1S/C20H26FN3O2S.HI/c1-16(26-19-11-7-6-10-18(19)21)14-24-20(22-2)23-12-13-27(25)15-17-8-4-3-5-9-17;/h3-11,16H,12-15H2,1-2H3,(H2,22,23,24);1H. The zero-order valence-corrected chi connectivity index (χ0v) is 19.2. The molecule has 0 radical (unpaired) electrons. The van der Waals surface area contributed by atoms with Crippen LogP contribution in [0.15, 0.2) is 59.6 Å². The molecule has 0 aliphatic carbocycles. The summed E-state index contributed by atoms with van der Waals surface area (Å²) in [6.07, 6.45) is -0.243. The van der Waals surface area contributed by atoms with Crippen molar-refractivity contribution in [3.8, 4) is 5.75 Å². The van der Waals surface area contributed by atoms with Gasteiger partial charge in [-0.1, -0.05) is 42.5 Å². The number of halogens is 2. The van der Waals surface area contributed by atoms with Gasteiger partial charge in [-0.15, -0.1) is 24.0 Å². The van der Waals surface area contributed by atoms with Crippen molar-refractivity contribution in [2.45, 2.75) is 18.8 Å². The minimum Gasteiger partial charge on any atom is -0.486 e. The van der Waals surface area contributed by atoms with Crippen LogP contribution in [0.2, 0.25) is 0 Å². The Balaban J connectivity index is 0.00000392. The van der Waals surface area contributed by atoms with Crippen molar-refractivity contribution in [2.24, 2.45) is 4.99 Å². The highest BCUT2D eigenvalue weighted by Gasteiger charge is 2.09. The summed E-state index contributed by atoms with van der Waals surface area (Å²) in [4.78, 5) is 4.13. The molecule has 0 heterocycles. The van der Waals surface area contributed by atoms with Crippen LogP contribution in [-0.2, 0) is 16.6 Å². The highest BCUT2D eigenvalue weighted by Crippen LogP contribution is 2.16. The summed E-state index contributed by atoms with van der Waals surface area (Å²) in [6.45, 7) is 2.85. The van der Waals surface area contributed by atoms with Gasteiger partial charge in [-0.25, -0.2) is 4.39 Å². The van der Waals surface area contributed by atoms with E-state index in [4.69, 9.17) is 4.74 Å². The predicted octanol–water partition coefficient (Wildman–Crippen LogP) is 3.32. The van der Waals surface area contributed by atoms with E-state index in [0.29, 0.717) is 30.6 Å². The van der Waals surface area contributed by atoms with Crippen LogP contribution in [0.25, 0.3) is 0 Å². The lowest BCUT2D eigenvalue weighted by molar-refractivity contribution is 0.214. The summed E-state index contributed by atoms with van der Waals surface area (Å²) >= 11 is 0. The molecule has 2 aromatic rings. The molecule has 0 aliphatic rings. The summed E-state index contributed by atoms with van der Waals surface area (Å²) in [6, 6.07) is 16.1. The van der Waals surface area contributed by atoms with Crippen LogP contribution >= 0.6 is 24.0 Å². The molecule has 0 aromatic heterocycles. The minimum atomic E-state index is -0.943. The second-order valence-corrected chi connectivity index (χ2v) is 7.59. The van der Waals surface area contributed by atoms with Crippen LogP contribution in [-0.4, -0.2) is 42.2 Å². The summed E-state index contributed by atoms with van der Waals surface area (Å²) in [5, 5.41) is 6.26. The van der Waals surface area contributed by atoms with Crippen LogP contribution in [0.5, 0.6) is 5.75 Å². The zero-order chi connectivity index (χ0) is 19.5. The van der Waals surface area contributed by atoms with Gasteiger partial charge in [0.25, 0.3) is 0 Å². The lowest BCUT2D eigenvalue weighted by Crippen LogP contribution is -2.43. The Bertz CT molecular complexity index is 762. The number of para-hydroxylation sites is 1. The molecule has 0 amide bonds. The molecule has 154 valence electrons. The fourth-order valence-corrected chi connectivity index (χ4v) is 3.41. The van der Waals surface area contributed by atoms with Crippen LogP contribution in [0.4, 0.5) is 4.39 Å². The first-order valence-corrected chi connectivity index (χ1v) is 10.3. The maximum atomic E-state index is 13.6. The fourth-order valence-electron chi connectivity index (χ4n) is 2.38. The van der Waals surface area contributed by atoms with E-state index >= 15 is 0 Å². The van der Waals surface area contributed by atoms with Crippen molar-refractivity contribution in [2.75, 3.05) is 25.9 Å². The van der Waals surface area contributed by atoms with Gasteiger partial charge in [0.1, 0.15) is 6.10 Å². The summed E-state index contributed by atoms with van der Waals surface area (Å²) in [5.74, 6) is 1.51. The number of rotatable bonds is 9. The van der Waals surface area contributed by atoms with Gasteiger partial charge in [0, 0.05) is 35.9 Å². The van der Waals surface area contributed by atoms with Crippen molar-refractivity contribution < 1.29 is 13.3 Å². The van der Waals surface area contributed by atoms with Gasteiger partial charge in [0.15, 0.2) is 17.5 Å². The average molecular weight is 519 g/mol. The molecule has 2 atom stereocenters. The topological polar surface area (TPSA) is 62.7 Å². The predicted molar refractivity (Wildman–Crippen MR) is 124 cm³/mol. The normalized spacial score (nSPS) is 13.2. The molecule has 0 bridgehead atoms. The smallest absolute Gasteiger partial charge is 0.191 e. The van der Waals surface area contributed by atoms with Gasteiger partial charge >= 0.3 is 0 Å². The second kappa shape index (κ2) is 13.5. The lowest BCUT2D eigenvalue weighted by atomic mass is 10.2. The molecule has 0 saturated heterocycles. The van der Waals surface area contributed by atoms with E-state index in [0.717, 1.165) is 5.56 Å². The summed E-state index contributed by atoms with van der Waals surface area (Å²) in [7, 11) is 0.722. The molecular weight excluding hydrogens is 492 g/mol. The zero-order valence-electron chi connectivity index (χ0n) is 16.1. The van der Waals surface area contributed by atoms with Crippen molar-refractivity contribution in [1.82, 2.24) is 10.6 Å². The summed E-state index contributed by atoms with van der Waals surface area (Å²) in [5.41, 5.74) is 1.07. The lowest BCUT2D eigenvalue weighted by Gasteiger charge is -2.18. The Morgan fingerprint density at radius 1 is 1.14 bits per heavy atom. The maximum absolute atomic E-state index is 13.6. The van der Waals surface area contributed by atoms with Crippen molar-refractivity contribution >= 4 is 40.7 Å². The van der Waals surface area contributed by atoms with E-state index in [-0.39, 0.29) is 41.6 Å². The van der Waals surface area contributed by atoms with E-state index in [1.54, 1.807) is 25.2 Å². The van der Waals surface area contributed by atoms with Gasteiger partial charge in [0.2, 0.25) is 0 Å². The highest BCUT2D eigenvalue weighted by atomic mass is 127. The molecule has 8 heteroatoms. The first kappa shape index (κ1) is 24.4. The Kier molecular flexibility index (Phi) is 11.7. The van der Waals surface area contributed by atoms with E-state index in [1.165, 1.54) is 6.07 Å². The number of hydrogen-bond acceptors (Lipinski definition) is 3. The largest absolute Gasteiger partial charge is 0.486 e. The molecule has 0 saturated carbocycles. The van der Waals surface area contributed by atoms with Crippen molar-refractivity contribution in [3.05, 3.63) is 66.0 Å². The molecule has 0 spiro atoms. The quantitative estimate of drug-likeness (QED) is 0.303. The minimum absolute atomic E-state index is 0. The number of nitrogens with zero attached hydrogens (tertiary/aromatic N) is 1. The first-order chi connectivity index (χ1) is 13.1. The number of guanidine groups is 1. The molecule has 0 aliphatic heterocycles. The van der Waals surface area contributed by atoms with Gasteiger partial charge in [-0.3, -0.25) is 9.20 Å². The SMILES string of the molecule is CN=C(NCCS(=O)Cc1ccccc1)NCC(C)Oc1ccccc1F.I. The van der Waals surface area contributed by atoms with Crippen LogP contribution in [0, 0.1) is 5.82 Å². The Labute approximate surface area is 185 Å². The molecular formula is C20H27FIN3O2S. The second-order valence-electron chi connectivity index (χ2n) is 6.01.